The van der Waals surface area contributed by atoms with Crippen LogP contribution in [0.25, 0.3) is 10.9 Å². The molecule has 24 heavy (non-hydrogen) atoms. The zero-order valence-electron chi connectivity index (χ0n) is 13.0. The van der Waals surface area contributed by atoms with Crippen LogP contribution < -0.4 is 10.5 Å². The van der Waals surface area contributed by atoms with Gasteiger partial charge in [-0.1, -0.05) is 37.0 Å². The molecule has 0 bridgehead atoms. The molecule has 7 heteroatoms. The van der Waals surface area contributed by atoms with Crippen LogP contribution in [0.1, 0.15) is 25.3 Å². The van der Waals surface area contributed by atoms with Crippen molar-refractivity contribution in [3.8, 4) is 11.5 Å². The van der Waals surface area contributed by atoms with Crippen LogP contribution in [0.5, 0.6) is 11.5 Å². The SMILES string of the molecule is CC(C)c1cn(SI)c2ccc(Oc3c(Cl)cc(N)cc3Cl)cc12. The van der Waals surface area contributed by atoms with Gasteiger partial charge in [-0.2, -0.15) is 0 Å². The summed E-state index contributed by atoms with van der Waals surface area (Å²) in [5.74, 6) is 1.52. The fraction of sp³-hybridized carbons (Fsp3) is 0.176. The Balaban J connectivity index is 2.07. The van der Waals surface area contributed by atoms with Gasteiger partial charge in [0.15, 0.2) is 5.75 Å². The lowest BCUT2D eigenvalue weighted by Crippen LogP contribution is -1.91. The van der Waals surface area contributed by atoms with Gasteiger partial charge in [0.25, 0.3) is 0 Å². The largest absolute Gasteiger partial charge is 0.454 e. The normalized spacial score (nSPS) is 11.4. The highest BCUT2D eigenvalue weighted by molar-refractivity contribution is 14.2. The summed E-state index contributed by atoms with van der Waals surface area (Å²) in [6.07, 6.45) is 2.17. The number of anilines is 1. The highest BCUT2D eigenvalue weighted by Gasteiger charge is 2.15. The number of hydrogen-bond donors (Lipinski definition) is 1. The van der Waals surface area contributed by atoms with Crippen LogP contribution in [-0.2, 0) is 0 Å². The Morgan fingerprint density at radius 3 is 2.42 bits per heavy atom. The lowest BCUT2D eigenvalue weighted by atomic mass is 10.0. The Bertz CT molecular complexity index is 888. The van der Waals surface area contributed by atoms with Crippen molar-refractivity contribution in [2.24, 2.45) is 0 Å². The molecule has 0 aliphatic heterocycles. The first-order valence-electron chi connectivity index (χ1n) is 7.27. The molecule has 0 unspecified atom stereocenters. The zero-order chi connectivity index (χ0) is 17.4. The maximum Gasteiger partial charge on any atom is 0.164 e. The van der Waals surface area contributed by atoms with Gasteiger partial charge >= 0.3 is 0 Å². The zero-order valence-corrected chi connectivity index (χ0v) is 17.5. The van der Waals surface area contributed by atoms with Crippen molar-refractivity contribution in [2.45, 2.75) is 19.8 Å². The topological polar surface area (TPSA) is 40.2 Å². The molecule has 3 aromatic rings. The second-order valence-corrected chi connectivity index (χ2v) is 8.26. The average molecular weight is 493 g/mol. The van der Waals surface area contributed by atoms with E-state index in [-0.39, 0.29) is 0 Å². The van der Waals surface area contributed by atoms with E-state index in [4.69, 9.17) is 33.7 Å². The average Bonchev–Trinajstić information content (AvgIpc) is 2.89. The Morgan fingerprint density at radius 2 is 1.83 bits per heavy atom. The van der Waals surface area contributed by atoms with Crippen LogP contribution >= 0.6 is 53.5 Å². The maximum absolute atomic E-state index is 6.21. The predicted octanol–water partition coefficient (Wildman–Crippen LogP) is 7.29. The number of nitrogens with two attached hydrogens (primary N) is 1. The molecule has 0 aliphatic rings. The number of nitrogen functional groups attached to an aromatic ring is 1. The number of benzene rings is 2. The number of hydrogen-bond acceptors (Lipinski definition) is 3. The molecule has 0 fully saturated rings. The molecule has 3 nitrogen and oxygen atoms in total. The van der Waals surface area contributed by atoms with Gasteiger partial charge < -0.3 is 10.5 Å². The van der Waals surface area contributed by atoms with E-state index in [0.29, 0.717) is 33.1 Å². The predicted molar refractivity (Wildman–Crippen MR) is 114 cm³/mol. The second-order valence-electron chi connectivity index (χ2n) is 5.73. The quantitative estimate of drug-likeness (QED) is 0.307. The van der Waals surface area contributed by atoms with Gasteiger partial charge in [0, 0.05) is 47.6 Å². The van der Waals surface area contributed by atoms with Crippen molar-refractivity contribution in [1.82, 2.24) is 3.97 Å². The lowest BCUT2D eigenvalue weighted by Gasteiger charge is -2.11. The standard InChI is InChI=1S/C17H15Cl2IN2OS/c1-9(2)13-8-22(24-20)16-4-3-11(7-12(13)16)23-17-14(18)5-10(21)6-15(17)19/h3-9H,21H2,1-2H3. The van der Waals surface area contributed by atoms with Crippen LogP contribution in [0.3, 0.4) is 0 Å². The summed E-state index contributed by atoms with van der Waals surface area (Å²) < 4.78 is 8.09. The third-order valence-corrected chi connectivity index (χ3v) is 6.00. The minimum Gasteiger partial charge on any atom is -0.454 e. The summed E-state index contributed by atoms with van der Waals surface area (Å²) in [4.78, 5) is 0. The number of halogens is 3. The highest BCUT2D eigenvalue weighted by atomic mass is 127. The summed E-state index contributed by atoms with van der Waals surface area (Å²) in [5.41, 5.74) is 8.67. The van der Waals surface area contributed by atoms with E-state index in [1.165, 1.54) is 5.56 Å². The number of ether oxygens (including phenoxy) is 1. The third-order valence-electron chi connectivity index (χ3n) is 3.71. The molecule has 0 saturated heterocycles. The molecule has 2 aromatic carbocycles. The van der Waals surface area contributed by atoms with E-state index in [1.54, 1.807) is 21.3 Å². The van der Waals surface area contributed by atoms with Gasteiger partial charge in [-0.15, -0.1) is 0 Å². The van der Waals surface area contributed by atoms with Crippen molar-refractivity contribution in [2.75, 3.05) is 5.73 Å². The van der Waals surface area contributed by atoms with Crippen LogP contribution in [0, 0.1) is 0 Å². The Labute approximate surface area is 167 Å². The molecule has 1 heterocycles. The first-order valence-corrected chi connectivity index (χ1v) is 11.3. The lowest BCUT2D eigenvalue weighted by molar-refractivity contribution is 0.484. The third kappa shape index (κ3) is 3.45. The van der Waals surface area contributed by atoms with Gasteiger partial charge in [0.05, 0.1) is 15.6 Å². The highest BCUT2D eigenvalue weighted by Crippen LogP contribution is 2.40. The minimum atomic E-state index is 0.393. The van der Waals surface area contributed by atoms with Crippen molar-refractivity contribution in [3.63, 3.8) is 0 Å². The molecule has 0 atom stereocenters. The van der Waals surface area contributed by atoms with Gasteiger partial charge in [-0.05, 0) is 41.8 Å². The molecule has 1 aromatic heterocycles. The number of fused-ring (bicyclic) bond motifs is 1. The maximum atomic E-state index is 6.21. The van der Waals surface area contributed by atoms with Crippen LogP contribution in [0.15, 0.2) is 36.5 Å². The Kier molecular flexibility index (Phi) is 5.44. The van der Waals surface area contributed by atoms with Gasteiger partial charge in [-0.3, -0.25) is 3.97 Å². The summed E-state index contributed by atoms with van der Waals surface area (Å²) in [7, 11) is 1.64. The van der Waals surface area contributed by atoms with Crippen molar-refractivity contribution in [3.05, 3.63) is 52.1 Å². The number of aromatic nitrogens is 1. The van der Waals surface area contributed by atoms with Crippen molar-refractivity contribution >= 4 is 70.1 Å². The van der Waals surface area contributed by atoms with E-state index < -0.39 is 0 Å². The molecule has 126 valence electrons. The van der Waals surface area contributed by atoms with Gasteiger partial charge in [0.1, 0.15) is 5.75 Å². The molecule has 0 aliphatic carbocycles. The second kappa shape index (κ2) is 7.23. The van der Waals surface area contributed by atoms with Gasteiger partial charge in [-0.25, -0.2) is 0 Å². The molecule has 3 rings (SSSR count). The van der Waals surface area contributed by atoms with Crippen molar-refractivity contribution in [1.29, 1.82) is 0 Å². The van der Waals surface area contributed by atoms with Crippen LogP contribution in [0.4, 0.5) is 5.69 Å². The monoisotopic (exact) mass is 492 g/mol. The fourth-order valence-corrected chi connectivity index (χ4v) is 4.53. The van der Waals surface area contributed by atoms with E-state index in [0.717, 1.165) is 10.9 Å². The number of nitrogens with zero attached hydrogens (tertiary/aromatic N) is 1. The number of rotatable bonds is 4. The van der Waals surface area contributed by atoms with Gasteiger partial charge in [0.2, 0.25) is 0 Å². The van der Waals surface area contributed by atoms with Crippen LogP contribution in [0.2, 0.25) is 10.0 Å². The molecule has 0 radical (unpaired) electrons. The summed E-state index contributed by atoms with van der Waals surface area (Å²) in [5, 5.41) is 1.95. The first kappa shape index (κ1) is 18.0. The first-order chi connectivity index (χ1) is 11.4. The summed E-state index contributed by atoms with van der Waals surface area (Å²) in [6, 6.07) is 9.24. The van der Waals surface area contributed by atoms with E-state index in [1.807, 2.05) is 18.2 Å². The summed E-state index contributed by atoms with van der Waals surface area (Å²) in [6.45, 7) is 4.36. The molecule has 2 N–H and O–H groups in total. The molecule has 0 saturated carbocycles. The Morgan fingerprint density at radius 1 is 1.17 bits per heavy atom. The summed E-state index contributed by atoms with van der Waals surface area (Å²) >= 11 is 14.7. The molecular formula is C17H15Cl2IN2OS. The fourth-order valence-electron chi connectivity index (χ4n) is 2.58. The smallest absolute Gasteiger partial charge is 0.164 e. The molecular weight excluding hydrogens is 478 g/mol. The van der Waals surface area contributed by atoms with E-state index in [2.05, 4.69) is 45.2 Å². The van der Waals surface area contributed by atoms with Crippen molar-refractivity contribution < 1.29 is 4.74 Å². The molecule has 0 amide bonds. The van der Waals surface area contributed by atoms with E-state index >= 15 is 0 Å². The minimum absolute atomic E-state index is 0.393. The van der Waals surface area contributed by atoms with Crippen LogP contribution in [-0.4, -0.2) is 3.97 Å². The Hall–Kier alpha value is -0.760. The van der Waals surface area contributed by atoms with E-state index in [9.17, 15) is 0 Å². The molecule has 0 spiro atoms.